The number of hydrogen-bond donors (Lipinski definition) is 3. The van der Waals surface area contributed by atoms with Gasteiger partial charge in [0.05, 0.1) is 12.5 Å². The number of aliphatic hydroxyl groups excluding tert-OH is 1. The Bertz CT molecular complexity index is 844. The maximum atomic E-state index is 13.1. The molecule has 2 aromatic carbocycles. The SMILES string of the molecule is O=C(NCC1CCCCC1)C(CO)NC(=O)C1c2ccccc2-c2ccccc21. The molecule has 1 unspecified atom stereocenters. The number of hydrogen-bond acceptors (Lipinski definition) is 3. The van der Waals surface area contributed by atoms with Crippen LogP contribution in [0.3, 0.4) is 0 Å². The molecule has 0 radical (unpaired) electrons. The Balaban J connectivity index is 1.45. The van der Waals surface area contributed by atoms with E-state index in [1.54, 1.807) is 0 Å². The van der Waals surface area contributed by atoms with E-state index in [9.17, 15) is 14.7 Å². The zero-order valence-electron chi connectivity index (χ0n) is 16.6. The van der Waals surface area contributed by atoms with Crippen LogP contribution in [0.25, 0.3) is 11.1 Å². The van der Waals surface area contributed by atoms with Gasteiger partial charge in [-0.2, -0.15) is 0 Å². The molecule has 2 amide bonds. The average molecular weight is 392 g/mol. The summed E-state index contributed by atoms with van der Waals surface area (Å²) in [6, 6.07) is 14.8. The second-order valence-electron chi connectivity index (χ2n) is 8.10. The molecule has 2 aliphatic carbocycles. The first-order chi connectivity index (χ1) is 14.2. The Morgan fingerprint density at radius 3 is 2.10 bits per heavy atom. The Kier molecular flexibility index (Phi) is 5.95. The highest BCUT2D eigenvalue weighted by molar-refractivity contribution is 5.98. The van der Waals surface area contributed by atoms with Gasteiger partial charge in [-0.15, -0.1) is 0 Å². The average Bonchev–Trinajstić information content (AvgIpc) is 3.11. The summed E-state index contributed by atoms with van der Waals surface area (Å²) in [5.41, 5.74) is 3.96. The Morgan fingerprint density at radius 1 is 0.931 bits per heavy atom. The lowest BCUT2D eigenvalue weighted by molar-refractivity contribution is -0.130. The molecule has 152 valence electrons. The molecule has 0 aliphatic heterocycles. The van der Waals surface area contributed by atoms with Crippen LogP contribution in [-0.2, 0) is 9.59 Å². The van der Waals surface area contributed by atoms with Crippen LogP contribution in [-0.4, -0.2) is 36.1 Å². The minimum atomic E-state index is -0.939. The highest BCUT2D eigenvalue weighted by atomic mass is 16.3. The van der Waals surface area contributed by atoms with Gasteiger partial charge in [0.15, 0.2) is 0 Å². The molecule has 0 heterocycles. The third-order valence-electron chi connectivity index (χ3n) is 6.20. The van der Waals surface area contributed by atoms with E-state index < -0.39 is 18.6 Å². The molecule has 5 heteroatoms. The molecule has 0 bridgehead atoms. The Hall–Kier alpha value is -2.66. The minimum Gasteiger partial charge on any atom is -0.394 e. The fourth-order valence-corrected chi connectivity index (χ4v) is 4.65. The van der Waals surface area contributed by atoms with E-state index in [1.165, 1.54) is 19.3 Å². The van der Waals surface area contributed by atoms with Crippen LogP contribution in [0.4, 0.5) is 0 Å². The summed E-state index contributed by atoms with van der Waals surface area (Å²) in [7, 11) is 0. The molecule has 2 aromatic rings. The lowest BCUT2D eigenvalue weighted by atomic mass is 9.89. The first-order valence-electron chi connectivity index (χ1n) is 10.6. The molecule has 1 saturated carbocycles. The number of fused-ring (bicyclic) bond motifs is 3. The van der Waals surface area contributed by atoms with Gasteiger partial charge in [0.25, 0.3) is 0 Å². The quantitative estimate of drug-likeness (QED) is 0.707. The van der Waals surface area contributed by atoms with Crippen LogP contribution >= 0.6 is 0 Å². The molecular weight excluding hydrogens is 364 g/mol. The molecule has 2 aliphatic rings. The van der Waals surface area contributed by atoms with Crippen molar-refractivity contribution in [1.29, 1.82) is 0 Å². The summed E-state index contributed by atoms with van der Waals surface area (Å²) in [5, 5.41) is 15.4. The van der Waals surface area contributed by atoms with Crippen molar-refractivity contribution in [2.45, 2.75) is 44.1 Å². The van der Waals surface area contributed by atoms with Crippen LogP contribution < -0.4 is 10.6 Å². The van der Waals surface area contributed by atoms with Gasteiger partial charge in [0, 0.05) is 6.54 Å². The fourth-order valence-electron chi connectivity index (χ4n) is 4.65. The van der Waals surface area contributed by atoms with E-state index in [0.29, 0.717) is 12.5 Å². The highest BCUT2D eigenvalue weighted by Gasteiger charge is 2.35. The smallest absolute Gasteiger partial charge is 0.244 e. The molecule has 5 nitrogen and oxygen atoms in total. The van der Waals surface area contributed by atoms with Crippen molar-refractivity contribution in [3.8, 4) is 11.1 Å². The Morgan fingerprint density at radius 2 is 1.52 bits per heavy atom. The van der Waals surface area contributed by atoms with Crippen molar-refractivity contribution in [2.75, 3.05) is 13.2 Å². The van der Waals surface area contributed by atoms with Gasteiger partial charge in [-0.3, -0.25) is 9.59 Å². The summed E-state index contributed by atoms with van der Waals surface area (Å²) < 4.78 is 0. The van der Waals surface area contributed by atoms with E-state index >= 15 is 0 Å². The number of nitrogens with one attached hydrogen (secondary N) is 2. The normalized spacial score (nSPS) is 17.3. The molecule has 0 aromatic heterocycles. The third-order valence-corrected chi connectivity index (χ3v) is 6.20. The topological polar surface area (TPSA) is 78.4 Å². The summed E-state index contributed by atoms with van der Waals surface area (Å²) in [6.45, 7) is 0.193. The fraction of sp³-hybridized carbons (Fsp3) is 0.417. The number of carbonyl (C=O) groups is 2. The van der Waals surface area contributed by atoms with E-state index in [1.807, 2.05) is 48.5 Å². The number of rotatable bonds is 6. The monoisotopic (exact) mass is 392 g/mol. The molecular formula is C24H28N2O3. The lowest BCUT2D eigenvalue weighted by Gasteiger charge is -2.24. The molecule has 1 atom stereocenters. The second-order valence-corrected chi connectivity index (χ2v) is 8.10. The van der Waals surface area contributed by atoms with Gasteiger partial charge in [-0.1, -0.05) is 67.8 Å². The number of benzene rings is 2. The van der Waals surface area contributed by atoms with E-state index in [2.05, 4.69) is 10.6 Å². The van der Waals surface area contributed by atoms with Crippen LogP contribution in [0.15, 0.2) is 48.5 Å². The zero-order chi connectivity index (χ0) is 20.2. The maximum Gasteiger partial charge on any atom is 0.244 e. The molecule has 1 fully saturated rings. The Labute approximate surface area is 171 Å². The van der Waals surface area contributed by atoms with Crippen LogP contribution in [0.5, 0.6) is 0 Å². The second kappa shape index (κ2) is 8.78. The van der Waals surface area contributed by atoms with Gasteiger partial charge >= 0.3 is 0 Å². The molecule has 29 heavy (non-hydrogen) atoms. The van der Waals surface area contributed by atoms with Crippen molar-refractivity contribution in [2.24, 2.45) is 5.92 Å². The van der Waals surface area contributed by atoms with E-state index in [0.717, 1.165) is 35.1 Å². The predicted molar refractivity (Wildman–Crippen MR) is 112 cm³/mol. The summed E-state index contributed by atoms with van der Waals surface area (Å²) in [6.07, 6.45) is 5.95. The van der Waals surface area contributed by atoms with Crippen LogP contribution in [0.2, 0.25) is 0 Å². The van der Waals surface area contributed by atoms with Gasteiger partial charge in [-0.05, 0) is 41.0 Å². The van der Waals surface area contributed by atoms with Crippen LogP contribution in [0, 0.1) is 5.92 Å². The van der Waals surface area contributed by atoms with Gasteiger partial charge in [0.1, 0.15) is 6.04 Å². The predicted octanol–water partition coefficient (Wildman–Crippen LogP) is 2.97. The van der Waals surface area contributed by atoms with Gasteiger partial charge in [0.2, 0.25) is 11.8 Å². The number of amides is 2. The van der Waals surface area contributed by atoms with E-state index in [4.69, 9.17) is 0 Å². The summed E-state index contributed by atoms with van der Waals surface area (Å²) >= 11 is 0. The van der Waals surface area contributed by atoms with Crippen molar-refractivity contribution < 1.29 is 14.7 Å². The van der Waals surface area contributed by atoms with E-state index in [-0.39, 0.29) is 11.8 Å². The molecule has 0 spiro atoms. The minimum absolute atomic E-state index is 0.255. The van der Waals surface area contributed by atoms with Crippen LogP contribution in [0.1, 0.15) is 49.1 Å². The summed E-state index contributed by atoms with van der Waals surface area (Å²) in [4.78, 5) is 25.7. The third kappa shape index (κ3) is 4.06. The maximum absolute atomic E-state index is 13.1. The standard InChI is InChI=1S/C24H28N2O3/c27-15-21(23(28)25-14-16-8-2-1-3-9-16)26-24(29)22-19-12-6-4-10-17(19)18-11-5-7-13-20(18)22/h4-7,10-13,16,21-22,27H,1-3,8-9,14-15H2,(H,25,28)(H,26,29). The zero-order valence-corrected chi connectivity index (χ0v) is 16.6. The number of aliphatic hydroxyl groups is 1. The van der Waals surface area contributed by atoms with Crippen molar-refractivity contribution in [3.05, 3.63) is 59.7 Å². The largest absolute Gasteiger partial charge is 0.394 e. The van der Waals surface area contributed by atoms with Crippen molar-refractivity contribution >= 4 is 11.8 Å². The highest BCUT2D eigenvalue weighted by Crippen LogP contribution is 2.44. The molecule has 3 N–H and O–H groups in total. The van der Waals surface area contributed by atoms with Gasteiger partial charge in [-0.25, -0.2) is 0 Å². The van der Waals surface area contributed by atoms with Crippen molar-refractivity contribution in [3.63, 3.8) is 0 Å². The molecule has 4 rings (SSSR count). The first kappa shape index (κ1) is 19.6. The van der Waals surface area contributed by atoms with Crippen molar-refractivity contribution in [1.82, 2.24) is 10.6 Å². The first-order valence-corrected chi connectivity index (χ1v) is 10.6. The summed E-state index contributed by atoms with van der Waals surface area (Å²) in [5.74, 6) is -0.542. The lowest BCUT2D eigenvalue weighted by Crippen LogP contribution is -2.50. The molecule has 0 saturated heterocycles. The number of carbonyl (C=O) groups excluding carboxylic acids is 2. The van der Waals surface area contributed by atoms with Gasteiger partial charge < -0.3 is 15.7 Å².